The molecule has 2 aliphatic rings. The van der Waals surface area contributed by atoms with Gasteiger partial charge in [0.05, 0.1) is 0 Å². The normalized spacial score (nSPS) is 19.5. The van der Waals surface area contributed by atoms with Gasteiger partial charge in [-0.1, -0.05) is 24.5 Å². The lowest BCUT2D eigenvalue weighted by Gasteiger charge is -2.20. The zero-order chi connectivity index (χ0) is 15.0. The largest absolute Gasteiger partial charge is 0.370 e. The van der Waals surface area contributed by atoms with Gasteiger partial charge < -0.3 is 10.2 Å². The van der Waals surface area contributed by atoms with Crippen molar-refractivity contribution in [1.29, 1.82) is 0 Å². The van der Waals surface area contributed by atoms with Crippen molar-refractivity contribution in [2.24, 2.45) is 0 Å². The first-order valence-electron chi connectivity index (χ1n) is 8.91. The van der Waals surface area contributed by atoms with E-state index in [1.807, 2.05) is 12.3 Å². The van der Waals surface area contributed by atoms with Crippen LogP contribution in [0.1, 0.15) is 57.8 Å². The minimum absolute atomic E-state index is 0.892. The minimum Gasteiger partial charge on any atom is -0.370 e. The number of hydrogen-bond donors (Lipinski definition) is 1. The Bertz CT molecular complexity index is 490. The average Bonchev–Trinajstić information content (AvgIpc) is 2.85. The van der Waals surface area contributed by atoms with E-state index in [0.29, 0.717) is 0 Å². The average molecular weight is 300 g/mol. The second-order valence-corrected chi connectivity index (χ2v) is 6.43. The molecule has 3 rings (SSSR count). The predicted molar refractivity (Wildman–Crippen MR) is 92.4 cm³/mol. The molecule has 0 saturated carbocycles. The fourth-order valence-electron chi connectivity index (χ4n) is 3.35. The van der Waals surface area contributed by atoms with Crippen LogP contribution in [-0.2, 0) is 0 Å². The van der Waals surface area contributed by atoms with Gasteiger partial charge in [0.2, 0.25) is 5.95 Å². The van der Waals surface area contributed by atoms with Crippen LogP contribution in [0.4, 0.5) is 11.8 Å². The summed E-state index contributed by atoms with van der Waals surface area (Å²) in [4.78, 5) is 11.5. The van der Waals surface area contributed by atoms with Crippen LogP contribution in [-0.4, -0.2) is 29.6 Å². The van der Waals surface area contributed by atoms with Gasteiger partial charge in [-0.2, -0.15) is 4.98 Å². The molecule has 1 aliphatic heterocycles. The first-order valence-corrected chi connectivity index (χ1v) is 8.91. The van der Waals surface area contributed by atoms with Gasteiger partial charge in [0, 0.05) is 25.8 Å². The number of anilines is 2. The second-order valence-electron chi connectivity index (χ2n) is 6.43. The van der Waals surface area contributed by atoms with Crippen LogP contribution < -0.4 is 10.2 Å². The summed E-state index contributed by atoms with van der Waals surface area (Å²) in [5, 5.41) is 3.47. The Morgan fingerprint density at radius 1 is 1.05 bits per heavy atom. The standard InChI is InChI=1S/C18H28N4/c1-2-7-15-22(14-6-1)18-20-13-11-17(21-18)19-12-10-16-8-4-3-5-9-16/h8,11,13H,1-7,9-10,12,14-15H2,(H,19,20,21). The summed E-state index contributed by atoms with van der Waals surface area (Å²) in [6, 6.07) is 1.98. The number of allylic oxidation sites excluding steroid dienone is 1. The zero-order valence-corrected chi connectivity index (χ0v) is 13.6. The summed E-state index contributed by atoms with van der Waals surface area (Å²) in [7, 11) is 0. The molecular weight excluding hydrogens is 272 g/mol. The third kappa shape index (κ3) is 4.46. The van der Waals surface area contributed by atoms with E-state index >= 15 is 0 Å². The number of aromatic nitrogens is 2. The van der Waals surface area contributed by atoms with Crippen LogP contribution in [0.15, 0.2) is 23.9 Å². The third-order valence-corrected chi connectivity index (χ3v) is 4.67. The number of rotatable bonds is 5. The van der Waals surface area contributed by atoms with Gasteiger partial charge >= 0.3 is 0 Å². The molecule has 120 valence electrons. The molecule has 1 aliphatic carbocycles. The Morgan fingerprint density at radius 3 is 2.68 bits per heavy atom. The molecule has 0 radical (unpaired) electrons. The Hall–Kier alpha value is -1.58. The van der Waals surface area contributed by atoms with E-state index in [0.717, 1.165) is 37.8 Å². The predicted octanol–water partition coefficient (Wildman–Crippen LogP) is 4.16. The van der Waals surface area contributed by atoms with Crippen LogP contribution in [0.3, 0.4) is 0 Å². The molecule has 0 atom stereocenters. The first-order chi connectivity index (χ1) is 10.9. The van der Waals surface area contributed by atoms with Crippen molar-refractivity contribution in [3.63, 3.8) is 0 Å². The van der Waals surface area contributed by atoms with Crippen molar-refractivity contribution in [1.82, 2.24) is 9.97 Å². The highest BCUT2D eigenvalue weighted by molar-refractivity contribution is 5.41. The molecule has 2 heterocycles. The lowest BCUT2D eigenvalue weighted by molar-refractivity contribution is 0.679. The maximum atomic E-state index is 4.70. The topological polar surface area (TPSA) is 41.1 Å². The highest BCUT2D eigenvalue weighted by Gasteiger charge is 2.12. The van der Waals surface area contributed by atoms with Gasteiger partial charge in [0.25, 0.3) is 0 Å². The highest BCUT2D eigenvalue weighted by Crippen LogP contribution is 2.20. The lowest BCUT2D eigenvalue weighted by Crippen LogP contribution is -2.26. The molecule has 4 nitrogen and oxygen atoms in total. The molecule has 1 aromatic heterocycles. The molecule has 4 heteroatoms. The summed E-state index contributed by atoms with van der Waals surface area (Å²) in [6.45, 7) is 3.16. The van der Waals surface area contributed by atoms with E-state index < -0.39 is 0 Å². The molecular formula is C18H28N4. The molecule has 0 amide bonds. The highest BCUT2D eigenvalue weighted by atomic mass is 15.3. The smallest absolute Gasteiger partial charge is 0.227 e. The van der Waals surface area contributed by atoms with Gasteiger partial charge in [0.1, 0.15) is 5.82 Å². The van der Waals surface area contributed by atoms with Crippen molar-refractivity contribution in [2.75, 3.05) is 29.9 Å². The Balaban J connectivity index is 1.53. The van der Waals surface area contributed by atoms with Crippen LogP contribution in [0, 0.1) is 0 Å². The Kier molecular flexibility index (Phi) is 5.68. The van der Waals surface area contributed by atoms with E-state index in [4.69, 9.17) is 4.98 Å². The summed E-state index contributed by atoms with van der Waals surface area (Å²) in [5.41, 5.74) is 1.61. The molecule has 1 fully saturated rings. The van der Waals surface area contributed by atoms with Gasteiger partial charge in [-0.3, -0.25) is 0 Å². The van der Waals surface area contributed by atoms with Crippen molar-refractivity contribution in [3.8, 4) is 0 Å². The molecule has 1 saturated heterocycles. The summed E-state index contributed by atoms with van der Waals surface area (Å²) < 4.78 is 0. The van der Waals surface area contributed by atoms with Crippen molar-refractivity contribution < 1.29 is 0 Å². The van der Waals surface area contributed by atoms with Gasteiger partial charge in [-0.25, -0.2) is 4.98 Å². The van der Waals surface area contributed by atoms with Crippen LogP contribution in [0.25, 0.3) is 0 Å². The van der Waals surface area contributed by atoms with E-state index in [9.17, 15) is 0 Å². The quantitative estimate of drug-likeness (QED) is 0.829. The van der Waals surface area contributed by atoms with Crippen molar-refractivity contribution >= 4 is 11.8 Å². The SMILES string of the molecule is C1=C(CCNc2ccnc(N3CCCCCC3)n2)CCCC1. The fourth-order valence-corrected chi connectivity index (χ4v) is 3.35. The fraction of sp³-hybridized carbons (Fsp3) is 0.667. The maximum absolute atomic E-state index is 4.70. The molecule has 0 unspecified atom stereocenters. The van der Waals surface area contributed by atoms with Crippen molar-refractivity contribution in [3.05, 3.63) is 23.9 Å². The molecule has 1 aromatic rings. The molecule has 0 aromatic carbocycles. The molecule has 1 N–H and O–H groups in total. The third-order valence-electron chi connectivity index (χ3n) is 4.67. The Morgan fingerprint density at radius 2 is 1.91 bits per heavy atom. The number of hydrogen-bond acceptors (Lipinski definition) is 4. The number of nitrogens with zero attached hydrogens (tertiary/aromatic N) is 3. The minimum atomic E-state index is 0.892. The van der Waals surface area contributed by atoms with Gasteiger partial charge in [-0.05, 0) is 51.0 Å². The summed E-state index contributed by atoms with van der Waals surface area (Å²) in [5.74, 6) is 1.86. The van der Waals surface area contributed by atoms with E-state index in [1.54, 1.807) is 5.57 Å². The van der Waals surface area contributed by atoms with Gasteiger partial charge in [0.15, 0.2) is 0 Å². The van der Waals surface area contributed by atoms with E-state index in [1.165, 1.54) is 51.4 Å². The molecule has 22 heavy (non-hydrogen) atoms. The molecule has 0 spiro atoms. The van der Waals surface area contributed by atoms with E-state index in [2.05, 4.69) is 21.3 Å². The second kappa shape index (κ2) is 8.16. The summed E-state index contributed by atoms with van der Waals surface area (Å²) in [6.07, 6.45) is 15.9. The maximum Gasteiger partial charge on any atom is 0.227 e. The van der Waals surface area contributed by atoms with Crippen LogP contribution in [0.5, 0.6) is 0 Å². The lowest BCUT2D eigenvalue weighted by atomic mass is 9.97. The van der Waals surface area contributed by atoms with E-state index in [-0.39, 0.29) is 0 Å². The van der Waals surface area contributed by atoms with Crippen LogP contribution in [0.2, 0.25) is 0 Å². The Labute approximate surface area is 134 Å². The monoisotopic (exact) mass is 300 g/mol. The first kappa shape index (κ1) is 15.3. The van der Waals surface area contributed by atoms with Crippen molar-refractivity contribution in [2.45, 2.75) is 57.8 Å². The van der Waals surface area contributed by atoms with Crippen LogP contribution >= 0.6 is 0 Å². The zero-order valence-electron chi connectivity index (χ0n) is 13.6. The summed E-state index contributed by atoms with van der Waals surface area (Å²) >= 11 is 0. The number of nitrogens with one attached hydrogen (secondary N) is 1. The molecule has 0 bridgehead atoms. The van der Waals surface area contributed by atoms with Gasteiger partial charge in [-0.15, -0.1) is 0 Å².